The molecular formula is C15H25ClN2O. The van der Waals surface area contributed by atoms with Gasteiger partial charge in [-0.2, -0.15) is 0 Å². The van der Waals surface area contributed by atoms with E-state index in [0.717, 1.165) is 37.4 Å². The lowest BCUT2D eigenvalue weighted by atomic mass is 10.1. The smallest absolute Gasteiger partial charge is 0.214 e. The summed E-state index contributed by atoms with van der Waals surface area (Å²) in [5, 5.41) is 0.788. The van der Waals surface area contributed by atoms with Crippen molar-refractivity contribution in [1.29, 1.82) is 0 Å². The monoisotopic (exact) mass is 284 g/mol. The molecule has 1 atom stereocenters. The van der Waals surface area contributed by atoms with Crippen molar-refractivity contribution in [1.82, 2.24) is 4.90 Å². The molecule has 1 saturated heterocycles. The lowest BCUT2D eigenvalue weighted by Crippen LogP contribution is -2.35. The minimum Gasteiger partial charge on any atom is -0.474 e. The Labute approximate surface area is 122 Å². The highest BCUT2D eigenvalue weighted by Crippen LogP contribution is 2.20. The number of hydrogen-bond acceptors (Lipinski definition) is 3. The number of nitrogens with zero attached hydrogens (tertiary/aromatic N) is 2. The van der Waals surface area contributed by atoms with Crippen molar-refractivity contribution in [3.63, 3.8) is 0 Å². The van der Waals surface area contributed by atoms with E-state index < -0.39 is 0 Å². The number of hydrogen-bond donors (Lipinski definition) is 0. The van der Waals surface area contributed by atoms with Crippen molar-refractivity contribution in [3.05, 3.63) is 23.9 Å². The average Bonchev–Trinajstić information content (AvgIpc) is 2.40. The molecule has 0 spiro atoms. The maximum Gasteiger partial charge on any atom is 0.214 e. The van der Waals surface area contributed by atoms with Gasteiger partial charge in [0, 0.05) is 30.4 Å². The second-order valence-electron chi connectivity index (χ2n) is 5.11. The van der Waals surface area contributed by atoms with Crippen LogP contribution in [0, 0.1) is 5.92 Å². The van der Waals surface area contributed by atoms with Gasteiger partial charge in [-0.3, -0.25) is 0 Å². The summed E-state index contributed by atoms with van der Waals surface area (Å²) in [6, 6.07) is 0. The topological polar surface area (TPSA) is 24.8 Å². The Morgan fingerprint density at radius 1 is 1.53 bits per heavy atom. The maximum atomic E-state index is 6.26. The maximum absolute atomic E-state index is 6.26. The molecular weight excluding hydrogens is 260 g/mol. The van der Waals surface area contributed by atoms with Crippen molar-refractivity contribution in [3.8, 4) is 0 Å². The van der Waals surface area contributed by atoms with Gasteiger partial charge >= 0.3 is 0 Å². The predicted octanol–water partition coefficient (Wildman–Crippen LogP) is 3.81. The van der Waals surface area contributed by atoms with Gasteiger partial charge < -0.3 is 9.64 Å². The molecule has 0 aromatic rings. The summed E-state index contributed by atoms with van der Waals surface area (Å²) >= 11 is 6.26. The van der Waals surface area contributed by atoms with E-state index in [4.69, 9.17) is 16.3 Å². The zero-order valence-corrected chi connectivity index (χ0v) is 13.0. The minimum absolute atomic E-state index is 0.229. The number of allylic oxidation sites excluding steroid dienone is 1. The molecule has 1 aliphatic heterocycles. The molecule has 3 nitrogen and oxygen atoms in total. The summed E-state index contributed by atoms with van der Waals surface area (Å²) in [5.41, 5.74) is 0. The van der Waals surface area contributed by atoms with Gasteiger partial charge in [0.2, 0.25) is 5.90 Å². The van der Waals surface area contributed by atoms with E-state index in [0.29, 0.717) is 11.8 Å². The molecule has 4 heteroatoms. The molecule has 0 radical (unpaired) electrons. The first kappa shape index (κ1) is 16.3. The molecule has 0 saturated carbocycles. The number of aliphatic imine (C=N–C) groups is 1. The number of likely N-dealkylation sites (tertiary alicyclic amines) is 1. The molecule has 1 unspecified atom stereocenters. The Bertz CT molecular complexity index is 344. The van der Waals surface area contributed by atoms with E-state index in [-0.39, 0.29) is 6.10 Å². The van der Waals surface area contributed by atoms with Crippen LogP contribution in [0.5, 0.6) is 0 Å². The summed E-state index contributed by atoms with van der Waals surface area (Å²) in [4.78, 5) is 6.49. The van der Waals surface area contributed by atoms with Crippen LogP contribution in [0.2, 0.25) is 0 Å². The average molecular weight is 285 g/mol. The van der Waals surface area contributed by atoms with Gasteiger partial charge in [-0.05, 0) is 32.2 Å². The van der Waals surface area contributed by atoms with Gasteiger partial charge in [0.15, 0.2) is 0 Å². The summed E-state index contributed by atoms with van der Waals surface area (Å²) in [6.07, 6.45) is 6.62. The fourth-order valence-corrected chi connectivity index (χ4v) is 2.17. The second-order valence-corrected chi connectivity index (χ2v) is 5.55. The molecule has 0 bridgehead atoms. The molecule has 1 heterocycles. The third-order valence-electron chi connectivity index (χ3n) is 3.52. The lowest BCUT2D eigenvalue weighted by Gasteiger charge is -2.29. The van der Waals surface area contributed by atoms with Gasteiger partial charge in [0.05, 0.1) is 0 Å². The van der Waals surface area contributed by atoms with Crippen molar-refractivity contribution in [2.75, 3.05) is 20.1 Å². The standard InChI is InChI=1S/C15H25ClN2O/c1-5-12(3)14(16)11-15(17-6-2)19-13-7-9-18(4)10-8-13/h6,11-13H,2,5,7-10H2,1,3-4H3. The largest absolute Gasteiger partial charge is 0.474 e. The van der Waals surface area contributed by atoms with Gasteiger partial charge in [0.25, 0.3) is 0 Å². The predicted molar refractivity (Wildman–Crippen MR) is 82.6 cm³/mol. The first-order valence-corrected chi connectivity index (χ1v) is 7.35. The summed E-state index contributed by atoms with van der Waals surface area (Å²) in [6.45, 7) is 9.97. The molecule has 0 amide bonds. The van der Waals surface area contributed by atoms with Gasteiger partial charge in [-0.1, -0.05) is 32.0 Å². The van der Waals surface area contributed by atoms with E-state index in [1.165, 1.54) is 6.20 Å². The molecule has 108 valence electrons. The van der Waals surface area contributed by atoms with Crippen molar-refractivity contribution in [2.24, 2.45) is 10.9 Å². The quantitative estimate of drug-likeness (QED) is 0.566. The van der Waals surface area contributed by atoms with Crippen LogP contribution < -0.4 is 0 Å². The van der Waals surface area contributed by atoms with E-state index >= 15 is 0 Å². The Balaban J connectivity index is 2.63. The molecule has 0 aliphatic carbocycles. The van der Waals surface area contributed by atoms with Crippen LogP contribution in [0.4, 0.5) is 0 Å². The molecule has 1 aliphatic rings. The Morgan fingerprint density at radius 3 is 2.68 bits per heavy atom. The molecule has 0 aromatic carbocycles. The number of piperidine rings is 1. The zero-order chi connectivity index (χ0) is 14.3. The fraction of sp³-hybridized carbons (Fsp3) is 0.667. The normalized spacial score (nSPS) is 21.3. The third kappa shape index (κ3) is 5.79. The molecule has 1 rings (SSSR count). The Hall–Kier alpha value is -0.800. The number of ether oxygens (including phenoxy) is 1. The van der Waals surface area contributed by atoms with Crippen LogP contribution in [-0.4, -0.2) is 37.0 Å². The van der Waals surface area contributed by atoms with Crippen LogP contribution >= 0.6 is 11.6 Å². The van der Waals surface area contributed by atoms with E-state index in [1.54, 1.807) is 0 Å². The molecule has 0 N–H and O–H groups in total. The summed E-state index contributed by atoms with van der Waals surface area (Å²) in [5.74, 6) is 0.910. The minimum atomic E-state index is 0.229. The highest BCUT2D eigenvalue weighted by molar-refractivity contribution is 6.31. The van der Waals surface area contributed by atoms with Crippen LogP contribution in [0.25, 0.3) is 0 Å². The zero-order valence-electron chi connectivity index (χ0n) is 12.2. The summed E-state index contributed by atoms with van der Waals surface area (Å²) < 4.78 is 5.94. The fourth-order valence-electron chi connectivity index (χ4n) is 1.92. The highest BCUT2D eigenvalue weighted by Gasteiger charge is 2.19. The Morgan fingerprint density at radius 2 is 2.16 bits per heavy atom. The lowest BCUT2D eigenvalue weighted by molar-refractivity contribution is 0.106. The van der Waals surface area contributed by atoms with Crippen LogP contribution in [0.15, 0.2) is 28.9 Å². The van der Waals surface area contributed by atoms with Crippen molar-refractivity contribution >= 4 is 17.5 Å². The van der Waals surface area contributed by atoms with E-state index in [9.17, 15) is 0 Å². The summed E-state index contributed by atoms with van der Waals surface area (Å²) in [7, 11) is 2.13. The van der Waals surface area contributed by atoms with Crippen molar-refractivity contribution in [2.45, 2.75) is 39.2 Å². The second kappa shape index (κ2) is 8.39. The third-order valence-corrected chi connectivity index (χ3v) is 4.00. The van der Waals surface area contributed by atoms with Gasteiger partial charge in [-0.25, -0.2) is 4.99 Å². The van der Waals surface area contributed by atoms with E-state index in [2.05, 4.69) is 37.4 Å². The molecule has 19 heavy (non-hydrogen) atoms. The first-order valence-electron chi connectivity index (χ1n) is 6.97. The van der Waals surface area contributed by atoms with Gasteiger partial charge in [0.1, 0.15) is 6.10 Å². The first-order chi connectivity index (χ1) is 9.06. The van der Waals surface area contributed by atoms with Crippen molar-refractivity contribution < 1.29 is 4.74 Å². The molecule has 0 aromatic heterocycles. The van der Waals surface area contributed by atoms with E-state index in [1.807, 2.05) is 6.08 Å². The SMILES string of the molecule is C=CN=C(C=C(Cl)C(C)CC)OC1CCN(C)CC1. The Kier molecular flexibility index (Phi) is 7.17. The van der Waals surface area contributed by atoms with Crippen LogP contribution in [0.1, 0.15) is 33.1 Å². The number of rotatable bonds is 5. The molecule has 1 fully saturated rings. The van der Waals surface area contributed by atoms with Crippen LogP contribution in [-0.2, 0) is 4.74 Å². The van der Waals surface area contributed by atoms with Gasteiger partial charge in [-0.15, -0.1) is 0 Å². The van der Waals surface area contributed by atoms with Crippen LogP contribution in [0.3, 0.4) is 0 Å². The highest BCUT2D eigenvalue weighted by atomic mass is 35.5. The number of halogens is 1.